The first-order valence-electron chi connectivity index (χ1n) is 12.3. The lowest BCUT2D eigenvalue weighted by atomic mass is 9.34. The molecule has 1 aromatic rings. The fraction of sp³-hybridized carbons (Fsp3) is 0.667. The molecule has 0 amide bonds. The first-order chi connectivity index (χ1) is 16.4. The lowest BCUT2D eigenvalue weighted by Crippen LogP contribution is -2.56. The molecule has 35 heavy (non-hydrogen) atoms. The van der Waals surface area contributed by atoms with Gasteiger partial charge in [-0.05, 0) is 48.6 Å². The molecule has 0 aromatic heterocycles. The summed E-state index contributed by atoms with van der Waals surface area (Å²) in [6, 6.07) is 1.73. The number of rotatable bonds is 9. The number of hydrogen-bond acceptors (Lipinski definition) is 6. The minimum Gasteiger partial charge on any atom is -0.483 e. The fourth-order valence-corrected chi connectivity index (χ4v) is 6.68. The highest BCUT2D eigenvalue weighted by Gasteiger charge is 2.49. The van der Waals surface area contributed by atoms with Crippen molar-refractivity contribution < 1.29 is 31.5 Å². The Morgan fingerprint density at radius 3 is 2.66 bits per heavy atom. The van der Waals surface area contributed by atoms with Crippen LogP contribution >= 0.6 is 0 Å². The molecule has 3 rings (SSSR count). The van der Waals surface area contributed by atoms with E-state index in [4.69, 9.17) is 9.47 Å². The Hall–Kier alpha value is -1.36. The molecule has 14 heteroatoms. The van der Waals surface area contributed by atoms with Crippen molar-refractivity contribution in [1.82, 2.24) is 10.0 Å². The Morgan fingerprint density at radius 1 is 1.29 bits per heavy atom. The average Bonchev–Trinajstić information content (AvgIpc) is 2.78. The molecule has 2 N–H and O–H groups in total. The maximum atomic E-state index is 14.7. The summed E-state index contributed by atoms with van der Waals surface area (Å²) in [5.74, 6) is -1.57. The van der Waals surface area contributed by atoms with Crippen LogP contribution in [0, 0.1) is 11.6 Å². The summed E-state index contributed by atoms with van der Waals surface area (Å²) in [6.45, 7) is 0.850. The Balaban J connectivity index is 1.80. The quantitative estimate of drug-likeness (QED) is 0.299. The summed E-state index contributed by atoms with van der Waals surface area (Å²) in [5.41, 5.74) is 0.425. The van der Waals surface area contributed by atoms with Gasteiger partial charge in [0.2, 0.25) is 10.0 Å². The third-order valence-electron chi connectivity index (χ3n) is 8.25. The number of hydrogen-bond donors (Lipinski definition) is 2. The summed E-state index contributed by atoms with van der Waals surface area (Å²) in [4.78, 5) is 10.9. The molecule has 0 radical (unpaired) electrons. The standard InChI is InChI=1S/C21H34B4F2N2O5S/c1-35(31,32)29-14-3-2-4-28-15(14)10-34-16-9-17(22)21(25,20(24)18(16)23)12-7-11(26)8-13(27)19(12)33-6-5-30/h5,7-8,14-18,20,28-29H,2-4,6,9-10,22-25H2,1H3/t14-,15-,16-,17-,18+,20+,21-/m0/s1. The summed E-state index contributed by atoms with van der Waals surface area (Å²) in [6.07, 6.45) is 3.89. The second-order valence-corrected chi connectivity index (χ2v) is 12.2. The van der Waals surface area contributed by atoms with Gasteiger partial charge in [0.15, 0.2) is 17.9 Å². The molecule has 1 saturated heterocycles. The van der Waals surface area contributed by atoms with E-state index in [1.165, 1.54) is 6.07 Å². The Labute approximate surface area is 210 Å². The molecule has 1 saturated carbocycles. The minimum absolute atomic E-state index is 0.0114. The number of nitrogens with one attached hydrogen (secondary N) is 2. The van der Waals surface area contributed by atoms with Gasteiger partial charge >= 0.3 is 0 Å². The first kappa shape index (κ1) is 28.2. The van der Waals surface area contributed by atoms with Gasteiger partial charge in [-0.15, -0.1) is 0 Å². The number of sulfonamides is 1. The van der Waals surface area contributed by atoms with Crippen LogP contribution in [-0.4, -0.2) is 90.3 Å². The van der Waals surface area contributed by atoms with E-state index in [0.717, 1.165) is 31.7 Å². The molecule has 1 aliphatic carbocycles. The fourth-order valence-electron chi connectivity index (χ4n) is 5.85. The third-order valence-corrected chi connectivity index (χ3v) is 8.99. The van der Waals surface area contributed by atoms with Crippen molar-refractivity contribution in [2.45, 2.75) is 60.2 Å². The van der Waals surface area contributed by atoms with Gasteiger partial charge in [-0.25, -0.2) is 21.9 Å². The molecule has 2 aliphatic rings. The molecule has 190 valence electrons. The van der Waals surface area contributed by atoms with Gasteiger partial charge in [-0.1, -0.05) is 11.6 Å². The van der Waals surface area contributed by atoms with Crippen LogP contribution in [0.5, 0.6) is 5.75 Å². The van der Waals surface area contributed by atoms with Gasteiger partial charge in [0.1, 0.15) is 43.8 Å². The molecule has 2 fully saturated rings. The second kappa shape index (κ2) is 11.4. The van der Waals surface area contributed by atoms with Crippen molar-refractivity contribution in [3.8, 4) is 5.75 Å². The molecule has 7 nitrogen and oxygen atoms in total. The van der Waals surface area contributed by atoms with E-state index in [-0.39, 0.29) is 48.0 Å². The second-order valence-electron chi connectivity index (χ2n) is 10.4. The van der Waals surface area contributed by atoms with Crippen molar-refractivity contribution in [2.24, 2.45) is 0 Å². The molecule has 0 spiro atoms. The van der Waals surface area contributed by atoms with Gasteiger partial charge in [0.25, 0.3) is 0 Å². The van der Waals surface area contributed by atoms with Crippen molar-refractivity contribution in [1.29, 1.82) is 0 Å². The Morgan fingerprint density at radius 2 is 2.00 bits per heavy atom. The molecular formula is C21H34B4F2N2O5S. The van der Waals surface area contributed by atoms with E-state index >= 15 is 0 Å². The molecule has 1 heterocycles. The predicted molar refractivity (Wildman–Crippen MR) is 142 cm³/mol. The topological polar surface area (TPSA) is 93.7 Å². The molecule has 0 unspecified atom stereocenters. The van der Waals surface area contributed by atoms with Crippen molar-refractivity contribution >= 4 is 47.7 Å². The van der Waals surface area contributed by atoms with Crippen LogP contribution in [0.4, 0.5) is 8.78 Å². The first-order valence-corrected chi connectivity index (χ1v) is 14.2. The van der Waals surface area contributed by atoms with Crippen LogP contribution in [0.15, 0.2) is 12.1 Å². The van der Waals surface area contributed by atoms with Crippen LogP contribution in [0.25, 0.3) is 0 Å². The predicted octanol–water partition coefficient (Wildman–Crippen LogP) is -1.91. The van der Waals surface area contributed by atoms with Crippen LogP contribution in [0.2, 0.25) is 17.5 Å². The van der Waals surface area contributed by atoms with E-state index < -0.39 is 27.0 Å². The van der Waals surface area contributed by atoms with Crippen molar-refractivity contribution in [2.75, 3.05) is 26.0 Å². The molecule has 1 aromatic carbocycles. The smallest absolute Gasteiger partial charge is 0.209 e. The maximum Gasteiger partial charge on any atom is 0.209 e. The summed E-state index contributed by atoms with van der Waals surface area (Å²) >= 11 is 0. The van der Waals surface area contributed by atoms with E-state index in [9.17, 15) is 22.0 Å². The lowest BCUT2D eigenvalue weighted by Gasteiger charge is -2.53. The summed E-state index contributed by atoms with van der Waals surface area (Å²) in [5, 5.41) is 2.75. The van der Waals surface area contributed by atoms with E-state index in [1.807, 2.05) is 15.7 Å². The van der Waals surface area contributed by atoms with E-state index in [2.05, 4.69) is 25.7 Å². The summed E-state index contributed by atoms with van der Waals surface area (Å²) < 4.78 is 67.1. The highest BCUT2D eigenvalue weighted by atomic mass is 32.2. The number of halogens is 2. The SMILES string of the molecule is B[C@@H]1[C@@H](OC[C@@H]2NCCC[C@@H]2NS(C)(=O)=O)C[C@H](B)[C@@](B)(c2cc(F)cc(F)c2OCC=O)[C@@H]1B. The van der Waals surface area contributed by atoms with Crippen LogP contribution < -0.4 is 14.8 Å². The zero-order chi connectivity index (χ0) is 26.0. The number of aldehydes is 1. The van der Waals surface area contributed by atoms with Crippen LogP contribution in [0.1, 0.15) is 24.8 Å². The van der Waals surface area contributed by atoms with Gasteiger partial charge < -0.3 is 14.8 Å². The van der Waals surface area contributed by atoms with E-state index in [0.29, 0.717) is 24.9 Å². The van der Waals surface area contributed by atoms with E-state index in [1.54, 1.807) is 0 Å². The Bertz CT molecular complexity index is 1020. The Kier molecular flexibility index (Phi) is 9.15. The van der Waals surface area contributed by atoms with Gasteiger partial charge in [-0.3, -0.25) is 4.79 Å². The normalized spacial score (nSPS) is 33.8. The van der Waals surface area contributed by atoms with Crippen LogP contribution in [-0.2, 0) is 24.9 Å². The maximum absolute atomic E-state index is 14.7. The van der Waals surface area contributed by atoms with Crippen molar-refractivity contribution in [3.63, 3.8) is 0 Å². The lowest BCUT2D eigenvalue weighted by molar-refractivity contribution is -0.109. The number of carbonyl (C=O) groups excluding carboxylic acids is 1. The molecule has 0 bridgehead atoms. The number of ether oxygens (including phenoxy) is 2. The number of piperidine rings is 1. The molecular weight excluding hydrogens is 474 g/mol. The highest BCUT2D eigenvalue weighted by Crippen LogP contribution is 2.56. The monoisotopic (exact) mass is 508 g/mol. The minimum atomic E-state index is -3.33. The third kappa shape index (κ3) is 6.32. The van der Waals surface area contributed by atoms with Crippen molar-refractivity contribution in [3.05, 3.63) is 29.3 Å². The highest BCUT2D eigenvalue weighted by molar-refractivity contribution is 7.88. The number of carbonyl (C=O) groups is 1. The summed E-state index contributed by atoms with van der Waals surface area (Å²) in [7, 11) is 4.82. The van der Waals surface area contributed by atoms with Gasteiger partial charge in [-0.2, -0.15) is 0 Å². The zero-order valence-electron chi connectivity index (χ0n) is 21.1. The van der Waals surface area contributed by atoms with Crippen LogP contribution in [0.3, 0.4) is 0 Å². The number of benzene rings is 1. The average molecular weight is 508 g/mol. The van der Waals surface area contributed by atoms with Gasteiger partial charge in [0.05, 0.1) is 19.0 Å². The largest absolute Gasteiger partial charge is 0.483 e. The zero-order valence-corrected chi connectivity index (χ0v) is 22.0. The van der Waals surface area contributed by atoms with Gasteiger partial charge in [0, 0.05) is 18.2 Å². The molecule has 7 atom stereocenters. The molecule has 1 aliphatic heterocycles.